The maximum atomic E-state index is 12.4. The monoisotopic (exact) mass is 368 g/mol. The Hall–Kier alpha value is -2.70. The molecule has 0 saturated carbocycles. The van der Waals surface area contributed by atoms with Crippen molar-refractivity contribution in [2.75, 3.05) is 14.1 Å². The van der Waals surface area contributed by atoms with Crippen molar-refractivity contribution >= 4 is 10.0 Å². The van der Waals surface area contributed by atoms with Crippen LogP contribution in [0, 0.1) is 6.92 Å². The number of aryl methyl sites for hydroxylation is 1. The number of pyridine rings is 1. The van der Waals surface area contributed by atoms with Crippen LogP contribution in [0.2, 0.25) is 0 Å². The fourth-order valence-corrected chi connectivity index (χ4v) is 3.63. The average Bonchev–Trinajstić information content (AvgIpc) is 2.62. The standard InChI is InChI=1S/C20H20N2O3S/c1-15-6-4-8-18(12-15)22-14-17(10-11-20(22)23)16-7-5-9-19(13-16)26(24,25)21(2)3/h4-14H,1-3H3. The van der Waals surface area contributed by atoms with Gasteiger partial charge in [0.25, 0.3) is 5.56 Å². The van der Waals surface area contributed by atoms with Gasteiger partial charge in [-0.1, -0.05) is 24.3 Å². The molecule has 0 amide bonds. The van der Waals surface area contributed by atoms with E-state index in [-0.39, 0.29) is 10.5 Å². The minimum absolute atomic E-state index is 0.142. The zero-order valence-electron chi connectivity index (χ0n) is 14.9. The predicted molar refractivity (Wildman–Crippen MR) is 103 cm³/mol. The highest BCUT2D eigenvalue weighted by Gasteiger charge is 2.17. The van der Waals surface area contributed by atoms with Crippen LogP contribution < -0.4 is 5.56 Å². The molecule has 0 saturated heterocycles. The van der Waals surface area contributed by atoms with Gasteiger partial charge >= 0.3 is 0 Å². The van der Waals surface area contributed by atoms with E-state index in [0.29, 0.717) is 0 Å². The molecule has 0 unspecified atom stereocenters. The van der Waals surface area contributed by atoms with Gasteiger partial charge in [-0.05, 0) is 53.9 Å². The molecule has 3 rings (SSSR count). The second-order valence-electron chi connectivity index (χ2n) is 6.28. The van der Waals surface area contributed by atoms with Crippen LogP contribution in [-0.2, 0) is 10.0 Å². The Balaban J connectivity index is 2.12. The number of benzene rings is 2. The summed E-state index contributed by atoms with van der Waals surface area (Å²) >= 11 is 0. The number of hydrogen-bond acceptors (Lipinski definition) is 3. The summed E-state index contributed by atoms with van der Waals surface area (Å²) in [7, 11) is -0.519. The van der Waals surface area contributed by atoms with Gasteiger partial charge in [0.15, 0.2) is 0 Å². The van der Waals surface area contributed by atoms with Crippen LogP contribution in [0.5, 0.6) is 0 Å². The molecule has 3 aromatic rings. The molecule has 0 atom stereocenters. The second kappa shape index (κ2) is 6.90. The lowest BCUT2D eigenvalue weighted by molar-refractivity contribution is 0.521. The van der Waals surface area contributed by atoms with Gasteiger partial charge < -0.3 is 0 Å². The minimum atomic E-state index is -3.52. The van der Waals surface area contributed by atoms with Crippen molar-refractivity contribution in [1.29, 1.82) is 0 Å². The third-order valence-electron chi connectivity index (χ3n) is 4.14. The van der Waals surface area contributed by atoms with Crippen molar-refractivity contribution in [3.63, 3.8) is 0 Å². The summed E-state index contributed by atoms with van der Waals surface area (Å²) < 4.78 is 27.5. The zero-order valence-corrected chi connectivity index (χ0v) is 15.7. The molecule has 1 heterocycles. The predicted octanol–water partition coefficient (Wildman–Crippen LogP) is 3.06. The fraction of sp³-hybridized carbons (Fsp3) is 0.150. The number of sulfonamides is 1. The van der Waals surface area contributed by atoms with E-state index < -0.39 is 10.0 Å². The Morgan fingerprint density at radius 1 is 0.885 bits per heavy atom. The van der Waals surface area contributed by atoms with Gasteiger partial charge in [0, 0.05) is 32.0 Å². The van der Waals surface area contributed by atoms with E-state index in [9.17, 15) is 13.2 Å². The maximum Gasteiger partial charge on any atom is 0.255 e. The molecule has 0 radical (unpaired) electrons. The second-order valence-corrected chi connectivity index (χ2v) is 8.43. The zero-order chi connectivity index (χ0) is 18.9. The van der Waals surface area contributed by atoms with E-state index in [1.807, 2.05) is 37.3 Å². The van der Waals surface area contributed by atoms with Crippen LogP contribution in [0.4, 0.5) is 0 Å². The van der Waals surface area contributed by atoms with Crippen molar-refractivity contribution in [3.05, 3.63) is 82.8 Å². The van der Waals surface area contributed by atoms with Gasteiger partial charge in [-0.3, -0.25) is 9.36 Å². The van der Waals surface area contributed by atoms with E-state index in [2.05, 4.69) is 0 Å². The van der Waals surface area contributed by atoms with Gasteiger partial charge in [0.2, 0.25) is 10.0 Å². The molecule has 26 heavy (non-hydrogen) atoms. The third-order valence-corrected chi connectivity index (χ3v) is 5.95. The first-order valence-electron chi connectivity index (χ1n) is 8.12. The average molecular weight is 368 g/mol. The Bertz CT molecular complexity index is 1120. The normalized spacial score (nSPS) is 11.7. The number of hydrogen-bond donors (Lipinski definition) is 0. The van der Waals surface area contributed by atoms with Gasteiger partial charge in [0.05, 0.1) is 4.90 Å². The first kappa shape index (κ1) is 18.1. The molecule has 0 fully saturated rings. The largest absolute Gasteiger partial charge is 0.284 e. The summed E-state index contributed by atoms with van der Waals surface area (Å²) in [5, 5.41) is 0. The lowest BCUT2D eigenvalue weighted by atomic mass is 10.1. The van der Waals surface area contributed by atoms with E-state index in [4.69, 9.17) is 0 Å². The summed E-state index contributed by atoms with van der Waals surface area (Å²) in [4.78, 5) is 12.5. The van der Waals surface area contributed by atoms with Gasteiger partial charge in [-0.25, -0.2) is 12.7 Å². The van der Waals surface area contributed by atoms with Crippen LogP contribution in [0.3, 0.4) is 0 Å². The Morgan fingerprint density at radius 2 is 1.62 bits per heavy atom. The van der Waals surface area contributed by atoms with Crippen LogP contribution in [0.1, 0.15) is 5.56 Å². The summed E-state index contributed by atoms with van der Waals surface area (Å²) in [5.41, 5.74) is 3.18. The van der Waals surface area contributed by atoms with E-state index in [1.54, 1.807) is 35.0 Å². The molecule has 6 heteroatoms. The van der Waals surface area contributed by atoms with E-state index in [1.165, 1.54) is 24.5 Å². The molecule has 2 aromatic carbocycles. The van der Waals surface area contributed by atoms with Crippen LogP contribution in [0.15, 0.2) is 76.6 Å². The van der Waals surface area contributed by atoms with Crippen LogP contribution in [-0.4, -0.2) is 31.4 Å². The Kier molecular flexibility index (Phi) is 4.80. The van der Waals surface area contributed by atoms with Crippen molar-refractivity contribution in [2.24, 2.45) is 0 Å². The lowest BCUT2D eigenvalue weighted by Gasteiger charge is -2.13. The van der Waals surface area contributed by atoms with Crippen LogP contribution in [0.25, 0.3) is 16.8 Å². The quantitative estimate of drug-likeness (QED) is 0.711. The summed E-state index contributed by atoms with van der Waals surface area (Å²) in [6, 6.07) is 17.6. The SMILES string of the molecule is Cc1cccc(-n2cc(-c3cccc(S(=O)(=O)N(C)C)c3)ccc2=O)c1. The number of aromatic nitrogens is 1. The lowest BCUT2D eigenvalue weighted by Crippen LogP contribution is -2.22. The van der Waals surface area contributed by atoms with Crippen molar-refractivity contribution < 1.29 is 8.42 Å². The summed E-state index contributed by atoms with van der Waals surface area (Å²) in [5.74, 6) is 0. The molecule has 0 bridgehead atoms. The fourth-order valence-electron chi connectivity index (χ4n) is 2.68. The highest BCUT2D eigenvalue weighted by molar-refractivity contribution is 7.89. The molecular weight excluding hydrogens is 348 g/mol. The van der Waals surface area contributed by atoms with E-state index in [0.717, 1.165) is 22.4 Å². The highest BCUT2D eigenvalue weighted by Crippen LogP contribution is 2.23. The van der Waals surface area contributed by atoms with Crippen molar-refractivity contribution in [1.82, 2.24) is 8.87 Å². The Labute approximate surface area is 153 Å². The topological polar surface area (TPSA) is 59.4 Å². The first-order valence-corrected chi connectivity index (χ1v) is 9.56. The Morgan fingerprint density at radius 3 is 2.31 bits per heavy atom. The summed E-state index contributed by atoms with van der Waals surface area (Å²) in [6.45, 7) is 1.97. The number of rotatable bonds is 4. The first-order chi connectivity index (χ1) is 12.3. The number of nitrogens with zero attached hydrogens (tertiary/aromatic N) is 2. The van der Waals surface area contributed by atoms with Gasteiger partial charge in [-0.15, -0.1) is 0 Å². The molecule has 0 N–H and O–H groups in total. The smallest absolute Gasteiger partial charge is 0.255 e. The van der Waals surface area contributed by atoms with Gasteiger partial charge in [0.1, 0.15) is 0 Å². The van der Waals surface area contributed by atoms with Gasteiger partial charge in [-0.2, -0.15) is 0 Å². The molecule has 0 aliphatic rings. The van der Waals surface area contributed by atoms with Crippen molar-refractivity contribution in [3.8, 4) is 16.8 Å². The van der Waals surface area contributed by atoms with E-state index >= 15 is 0 Å². The third kappa shape index (κ3) is 3.47. The maximum absolute atomic E-state index is 12.4. The summed E-state index contributed by atoms with van der Waals surface area (Å²) in [6.07, 6.45) is 1.73. The molecule has 0 aliphatic heterocycles. The molecule has 134 valence electrons. The molecule has 0 aliphatic carbocycles. The molecular formula is C20H20N2O3S. The molecule has 5 nitrogen and oxygen atoms in total. The van der Waals surface area contributed by atoms with Crippen LogP contribution >= 0.6 is 0 Å². The minimum Gasteiger partial charge on any atom is -0.284 e. The molecule has 1 aromatic heterocycles. The highest BCUT2D eigenvalue weighted by atomic mass is 32.2. The van der Waals surface area contributed by atoms with Crippen molar-refractivity contribution in [2.45, 2.75) is 11.8 Å². The molecule has 0 spiro atoms.